The van der Waals surface area contributed by atoms with Gasteiger partial charge in [0.1, 0.15) is 11.9 Å². The molecule has 0 amide bonds. The maximum absolute atomic E-state index is 13.9. The van der Waals surface area contributed by atoms with Crippen molar-refractivity contribution in [1.29, 1.82) is 0 Å². The van der Waals surface area contributed by atoms with Gasteiger partial charge in [-0.05, 0) is 17.7 Å². The standard InChI is InChI=1S/C15H13BrFNO2/c16-11-6-7-12(13(17)8-11)14(15(19)20)18-9-10-4-2-1-3-5-10/h1-8,14,18H,9H2,(H,19,20). The van der Waals surface area contributed by atoms with Crippen LogP contribution in [-0.4, -0.2) is 11.1 Å². The van der Waals surface area contributed by atoms with Crippen molar-refractivity contribution in [3.05, 3.63) is 69.9 Å². The summed E-state index contributed by atoms with van der Waals surface area (Å²) in [6.07, 6.45) is 0. The van der Waals surface area contributed by atoms with Crippen molar-refractivity contribution in [2.24, 2.45) is 0 Å². The van der Waals surface area contributed by atoms with E-state index in [-0.39, 0.29) is 5.56 Å². The predicted molar refractivity (Wildman–Crippen MR) is 77.8 cm³/mol. The summed E-state index contributed by atoms with van der Waals surface area (Å²) in [5.74, 6) is -1.66. The van der Waals surface area contributed by atoms with Crippen LogP contribution in [-0.2, 0) is 11.3 Å². The van der Waals surface area contributed by atoms with Crippen LogP contribution in [0.4, 0.5) is 4.39 Å². The first-order valence-electron chi connectivity index (χ1n) is 6.03. The number of carbonyl (C=O) groups is 1. The highest BCUT2D eigenvalue weighted by atomic mass is 79.9. The molecular weight excluding hydrogens is 325 g/mol. The van der Waals surface area contributed by atoms with Gasteiger partial charge in [-0.3, -0.25) is 10.1 Å². The Balaban J connectivity index is 2.17. The van der Waals surface area contributed by atoms with Gasteiger partial charge in [0.2, 0.25) is 0 Å². The number of benzene rings is 2. The molecule has 1 unspecified atom stereocenters. The van der Waals surface area contributed by atoms with Crippen molar-refractivity contribution in [2.75, 3.05) is 0 Å². The molecule has 0 radical (unpaired) electrons. The monoisotopic (exact) mass is 337 g/mol. The summed E-state index contributed by atoms with van der Waals surface area (Å²) in [6.45, 7) is 0.354. The molecule has 0 aliphatic rings. The summed E-state index contributed by atoms with van der Waals surface area (Å²) in [4.78, 5) is 11.3. The zero-order valence-electron chi connectivity index (χ0n) is 10.5. The molecule has 2 rings (SSSR count). The SMILES string of the molecule is O=C(O)C(NCc1ccccc1)c1ccc(Br)cc1F. The second-order valence-corrected chi connectivity index (χ2v) is 5.22. The van der Waals surface area contributed by atoms with Gasteiger partial charge in [-0.2, -0.15) is 0 Å². The third kappa shape index (κ3) is 3.65. The van der Waals surface area contributed by atoms with E-state index in [1.807, 2.05) is 30.3 Å². The van der Waals surface area contributed by atoms with Crippen molar-refractivity contribution in [3.63, 3.8) is 0 Å². The fraction of sp³-hybridized carbons (Fsp3) is 0.133. The molecule has 104 valence electrons. The van der Waals surface area contributed by atoms with E-state index in [1.165, 1.54) is 12.1 Å². The number of nitrogens with one attached hydrogen (secondary N) is 1. The molecule has 3 nitrogen and oxygen atoms in total. The van der Waals surface area contributed by atoms with E-state index < -0.39 is 17.8 Å². The molecule has 5 heteroatoms. The topological polar surface area (TPSA) is 49.3 Å². The van der Waals surface area contributed by atoms with Gasteiger partial charge in [0.25, 0.3) is 0 Å². The zero-order chi connectivity index (χ0) is 14.5. The summed E-state index contributed by atoms with van der Waals surface area (Å²) in [7, 11) is 0. The summed E-state index contributed by atoms with van der Waals surface area (Å²) >= 11 is 3.15. The van der Waals surface area contributed by atoms with Crippen LogP contribution >= 0.6 is 15.9 Å². The summed E-state index contributed by atoms with van der Waals surface area (Å²) < 4.78 is 14.4. The van der Waals surface area contributed by atoms with Crippen molar-refractivity contribution < 1.29 is 14.3 Å². The fourth-order valence-corrected chi connectivity index (χ4v) is 2.21. The van der Waals surface area contributed by atoms with Gasteiger partial charge < -0.3 is 5.11 Å². The quantitative estimate of drug-likeness (QED) is 0.877. The molecule has 1 atom stereocenters. The van der Waals surface area contributed by atoms with Gasteiger partial charge in [0.15, 0.2) is 0 Å². The predicted octanol–water partition coefficient (Wildman–Crippen LogP) is 3.50. The van der Waals surface area contributed by atoms with Gasteiger partial charge in [0, 0.05) is 16.6 Å². The van der Waals surface area contributed by atoms with Crippen LogP contribution in [0.15, 0.2) is 53.0 Å². The largest absolute Gasteiger partial charge is 0.480 e. The minimum atomic E-state index is -1.11. The van der Waals surface area contributed by atoms with Crippen molar-refractivity contribution in [2.45, 2.75) is 12.6 Å². The average Bonchev–Trinajstić information content (AvgIpc) is 2.42. The van der Waals surface area contributed by atoms with E-state index >= 15 is 0 Å². The van der Waals surface area contributed by atoms with Crippen molar-refractivity contribution >= 4 is 21.9 Å². The molecule has 0 aliphatic heterocycles. The maximum Gasteiger partial charge on any atom is 0.325 e. The van der Waals surface area contributed by atoms with Crippen molar-refractivity contribution in [1.82, 2.24) is 5.32 Å². The molecule has 0 fully saturated rings. The number of halogens is 2. The number of aliphatic carboxylic acids is 1. The van der Waals surface area contributed by atoms with E-state index in [4.69, 9.17) is 0 Å². The van der Waals surface area contributed by atoms with Crippen LogP contribution in [0.2, 0.25) is 0 Å². The summed E-state index contributed by atoms with van der Waals surface area (Å²) in [5.41, 5.74) is 1.06. The third-order valence-electron chi connectivity index (χ3n) is 2.87. The Morgan fingerprint density at radius 1 is 1.25 bits per heavy atom. The summed E-state index contributed by atoms with van der Waals surface area (Å²) in [5, 5.41) is 12.1. The second-order valence-electron chi connectivity index (χ2n) is 4.30. The van der Waals surface area contributed by atoms with E-state index in [2.05, 4.69) is 21.2 Å². The first kappa shape index (κ1) is 14.7. The Labute approximate surface area is 124 Å². The highest BCUT2D eigenvalue weighted by Crippen LogP contribution is 2.22. The lowest BCUT2D eigenvalue weighted by Crippen LogP contribution is -2.28. The van der Waals surface area contributed by atoms with Gasteiger partial charge in [-0.15, -0.1) is 0 Å². The molecule has 0 spiro atoms. The molecule has 0 saturated carbocycles. The normalized spacial score (nSPS) is 12.1. The van der Waals surface area contributed by atoms with Crippen LogP contribution in [0.1, 0.15) is 17.2 Å². The van der Waals surface area contributed by atoms with E-state index in [0.29, 0.717) is 11.0 Å². The van der Waals surface area contributed by atoms with Gasteiger partial charge in [0.05, 0.1) is 0 Å². The number of hydrogen-bond acceptors (Lipinski definition) is 2. The molecule has 0 saturated heterocycles. The van der Waals surface area contributed by atoms with E-state index in [0.717, 1.165) is 5.56 Å². The molecule has 20 heavy (non-hydrogen) atoms. The lowest BCUT2D eigenvalue weighted by molar-refractivity contribution is -0.139. The van der Waals surface area contributed by atoms with Crippen LogP contribution in [0.3, 0.4) is 0 Å². The molecule has 2 N–H and O–H groups in total. The molecule has 0 bridgehead atoms. The Hall–Kier alpha value is -1.72. The number of carboxylic acids is 1. The van der Waals surface area contributed by atoms with Gasteiger partial charge in [-0.25, -0.2) is 4.39 Å². The number of hydrogen-bond donors (Lipinski definition) is 2. The molecule has 2 aromatic carbocycles. The smallest absolute Gasteiger partial charge is 0.325 e. The Morgan fingerprint density at radius 3 is 2.55 bits per heavy atom. The first-order chi connectivity index (χ1) is 9.58. The molecule has 0 heterocycles. The molecular formula is C15H13BrFNO2. The Morgan fingerprint density at radius 2 is 1.95 bits per heavy atom. The lowest BCUT2D eigenvalue weighted by atomic mass is 10.1. The van der Waals surface area contributed by atoms with Crippen LogP contribution in [0.25, 0.3) is 0 Å². The second kappa shape index (κ2) is 6.63. The highest BCUT2D eigenvalue weighted by Gasteiger charge is 2.22. The van der Waals surface area contributed by atoms with E-state index in [1.54, 1.807) is 6.07 Å². The Bertz CT molecular complexity index is 604. The van der Waals surface area contributed by atoms with Crippen LogP contribution in [0, 0.1) is 5.82 Å². The summed E-state index contributed by atoms with van der Waals surface area (Å²) in [6, 6.07) is 12.6. The Kier molecular flexibility index (Phi) is 4.87. The first-order valence-corrected chi connectivity index (χ1v) is 6.82. The maximum atomic E-state index is 13.9. The highest BCUT2D eigenvalue weighted by molar-refractivity contribution is 9.10. The minimum absolute atomic E-state index is 0.122. The van der Waals surface area contributed by atoms with Crippen LogP contribution in [0.5, 0.6) is 0 Å². The molecule has 0 aliphatic carbocycles. The van der Waals surface area contributed by atoms with Gasteiger partial charge >= 0.3 is 5.97 Å². The third-order valence-corrected chi connectivity index (χ3v) is 3.37. The number of rotatable bonds is 5. The lowest BCUT2D eigenvalue weighted by Gasteiger charge is -2.16. The van der Waals surface area contributed by atoms with Crippen molar-refractivity contribution in [3.8, 4) is 0 Å². The fourth-order valence-electron chi connectivity index (χ4n) is 1.88. The molecule has 0 aromatic heterocycles. The van der Waals surface area contributed by atoms with Crippen LogP contribution < -0.4 is 5.32 Å². The number of carboxylic acid groups (broad SMARTS) is 1. The van der Waals surface area contributed by atoms with Gasteiger partial charge in [-0.1, -0.05) is 52.3 Å². The van der Waals surface area contributed by atoms with E-state index in [9.17, 15) is 14.3 Å². The average molecular weight is 338 g/mol. The minimum Gasteiger partial charge on any atom is -0.480 e. The molecule has 2 aromatic rings. The zero-order valence-corrected chi connectivity index (χ0v) is 12.1.